The van der Waals surface area contributed by atoms with Gasteiger partial charge in [-0.2, -0.15) is 0 Å². The Balaban J connectivity index is 0.737. The third-order valence-corrected chi connectivity index (χ3v) is 19.7. The van der Waals surface area contributed by atoms with Crippen LogP contribution in [0.15, 0.2) is 11.6 Å². The van der Waals surface area contributed by atoms with Crippen molar-refractivity contribution in [3.8, 4) is 0 Å². The van der Waals surface area contributed by atoms with E-state index in [4.69, 9.17) is 47.4 Å². The molecule has 9 fully saturated rings. The molecule has 0 aromatic rings. The summed E-state index contributed by atoms with van der Waals surface area (Å²) in [4.78, 5) is 0. The minimum absolute atomic E-state index is 0.0308. The van der Waals surface area contributed by atoms with Crippen molar-refractivity contribution >= 4 is 0 Å². The van der Waals surface area contributed by atoms with Gasteiger partial charge in [-0.1, -0.05) is 39.3 Å². The first kappa shape index (κ1) is 53.3. The molecule has 10 N–H and O–H groups in total. The highest BCUT2D eigenvalue weighted by atomic mass is 16.8. The van der Waals surface area contributed by atoms with E-state index in [0.717, 1.165) is 45.1 Å². The molecule has 6 heterocycles. The molecule has 71 heavy (non-hydrogen) atoms. The maximum Gasteiger partial charge on any atom is 0.187 e. The first-order chi connectivity index (χ1) is 33.6. The maximum atomic E-state index is 11.5. The van der Waals surface area contributed by atoms with Gasteiger partial charge in [-0.15, -0.1) is 0 Å². The van der Waals surface area contributed by atoms with Gasteiger partial charge in [0.1, 0.15) is 79.4 Å². The third-order valence-electron chi connectivity index (χ3n) is 19.7. The van der Waals surface area contributed by atoms with Gasteiger partial charge in [-0.25, -0.2) is 0 Å². The lowest BCUT2D eigenvalue weighted by Gasteiger charge is -2.58. The van der Waals surface area contributed by atoms with Crippen LogP contribution < -0.4 is 0 Å². The number of aliphatic hydroxyl groups is 10. The molecule has 4 aliphatic carbocycles. The number of aliphatic hydroxyl groups excluding tert-OH is 10. The van der Waals surface area contributed by atoms with Crippen molar-refractivity contribution in [2.24, 2.45) is 40.4 Å². The van der Waals surface area contributed by atoms with E-state index in [1.807, 2.05) is 0 Å². The summed E-state index contributed by atoms with van der Waals surface area (Å²) in [6, 6.07) is 0. The van der Waals surface area contributed by atoms with Gasteiger partial charge in [0.25, 0.3) is 0 Å². The summed E-state index contributed by atoms with van der Waals surface area (Å²) >= 11 is 0. The molecule has 20 nitrogen and oxygen atoms in total. The quantitative estimate of drug-likeness (QED) is 0.135. The Kier molecular flexibility index (Phi) is 15.1. The highest BCUT2D eigenvalue weighted by Gasteiger charge is 2.69. The van der Waals surface area contributed by atoms with Crippen LogP contribution in [-0.2, 0) is 47.4 Å². The zero-order valence-electron chi connectivity index (χ0n) is 42.1. The fraction of sp³-hybridized carbons (Fsp3) is 0.961. The Morgan fingerprint density at radius 1 is 0.592 bits per heavy atom. The highest BCUT2D eigenvalue weighted by molar-refractivity contribution is 5.27. The molecule has 1 spiro atoms. The lowest BCUT2D eigenvalue weighted by atomic mass is 9.48. The van der Waals surface area contributed by atoms with E-state index in [0.29, 0.717) is 42.4 Å². The predicted molar refractivity (Wildman–Crippen MR) is 244 cm³/mol. The van der Waals surface area contributed by atoms with Crippen LogP contribution in [0.1, 0.15) is 106 Å². The molecule has 0 aromatic heterocycles. The molecule has 406 valence electrons. The number of allylic oxidation sites excluding steroid dienone is 1. The largest absolute Gasteiger partial charge is 0.394 e. The van der Waals surface area contributed by atoms with Gasteiger partial charge < -0.3 is 98.4 Å². The van der Waals surface area contributed by atoms with Gasteiger partial charge in [0, 0.05) is 13.0 Å². The Hall–Kier alpha value is -1.06. The van der Waals surface area contributed by atoms with Gasteiger partial charge in [0.2, 0.25) is 0 Å². The molecule has 31 atom stereocenters. The Labute approximate surface area is 415 Å². The molecule has 3 saturated carbocycles. The van der Waals surface area contributed by atoms with Crippen molar-refractivity contribution in [3.05, 3.63) is 11.6 Å². The molecule has 6 aliphatic heterocycles. The summed E-state index contributed by atoms with van der Waals surface area (Å²) in [7, 11) is 0. The van der Waals surface area contributed by atoms with Crippen LogP contribution >= 0.6 is 0 Å². The van der Waals surface area contributed by atoms with E-state index in [2.05, 4.69) is 33.8 Å². The fourth-order valence-corrected chi connectivity index (χ4v) is 15.3. The van der Waals surface area contributed by atoms with E-state index in [1.54, 1.807) is 0 Å². The van der Waals surface area contributed by atoms with Crippen LogP contribution in [0, 0.1) is 40.4 Å². The number of hydrogen-bond acceptors (Lipinski definition) is 20. The lowest BCUT2D eigenvalue weighted by molar-refractivity contribution is -0.385. The first-order valence-electron chi connectivity index (χ1n) is 26.6. The molecule has 11 unspecified atom stereocenters. The van der Waals surface area contributed by atoms with Gasteiger partial charge in [-0.3, -0.25) is 0 Å². The predicted octanol–water partition coefficient (Wildman–Crippen LogP) is -0.112. The van der Waals surface area contributed by atoms with E-state index >= 15 is 0 Å². The Bertz CT molecular complexity index is 1890. The molecule has 0 aromatic carbocycles. The number of ether oxygens (including phenoxy) is 10. The van der Waals surface area contributed by atoms with E-state index in [9.17, 15) is 51.1 Å². The average Bonchev–Trinajstić information content (AvgIpc) is 3.79. The van der Waals surface area contributed by atoms with Crippen molar-refractivity contribution in [1.82, 2.24) is 0 Å². The van der Waals surface area contributed by atoms with Crippen LogP contribution in [0.25, 0.3) is 0 Å². The summed E-state index contributed by atoms with van der Waals surface area (Å²) in [5.74, 6) is 2.46. The molecule has 20 heteroatoms. The van der Waals surface area contributed by atoms with E-state index in [1.165, 1.54) is 32.8 Å². The van der Waals surface area contributed by atoms with E-state index < -0.39 is 129 Å². The van der Waals surface area contributed by atoms with Crippen molar-refractivity contribution in [2.75, 3.05) is 13.2 Å². The van der Waals surface area contributed by atoms with Gasteiger partial charge >= 0.3 is 0 Å². The van der Waals surface area contributed by atoms with E-state index in [-0.39, 0.29) is 34.7 Å². The lowest BCUT2D eigenvalue weighted by Crippen LogP contribution is -2.66. The SMILES string of the molecule is CC1CCC2(CC3OC4C5CC=C6CC(O[C@@H]7O[C@H](CO)[C@@H](O[C@@H]8O[C@@H](C)[C@H](O[C@@H]9O[C@@H](C)[C@H](O)[C@@H](O[C@@H]%10O[C@@H](C)[C@@H](O)[C@@H](O)[C@H]%10O)[C@H]9O)[C@@H](O)[C@H]8O)[C@H](O)[C@H]7O)CCC6(C)C5CCC4(C)C3C2C)OC1. The minimum Gasteiger partial charge on any atom is -0.394 e. The zero-order valence-corrected chi connectivity index (χ0v) is 42.1. The first-order valence-corrected chi connectivity index (χ1v) is 26.6. The van der Waals surface area contributed by atoms with Crippen LogP contribution in [0.4, 0.5) is 0 Å². The van der Waals surface area contributed by atoms with Crippen LogP contribution in [-0.4, -0.2) is 211 Å². The smallest absolute Gasteiger partial charge is 0.187 e. The van der Waals surface area contributed by atoms with Gasteiger partial charge in [0.05, 0.1) is 48.8 Å². The summed E-state index contributed by atoms with van der Waals surface area (Å²) in [6.07, 6.45) is -18.3. The van der Waals surface area contributed by atoms with Crippen LogP contribution in [0.3, 0.4) is 0 Å². The summed E-state index contributed by atoms with van der Waals surface area (Å²) in [5, 5.41) is 109. The topological polar surface area (TPSA) is 295 Å². The molecule has 10 aliphatic rings. The Morgan fingerprint density at radius 3 is 1.87 bits per heavy atom. The minimum atomic E-state index is -1.83. The van der Waals surface area contributed by atoms with Crippen molar-refractivity contribution in [2.45, 2.75) is 253 Å². The summed E-state index contributed by atoms with van der Waals surface area (Å²) < 4.78 is 61.3. The number of fused-ring (bicyclic) bond motifs is 7. The zero-order chi connectivity index (χ0) is 50.8. The van der Waals surface area contributed by atoms with Crippen LogP contribution in [0.2, 0.25) is 0 Å². The second-order valence-electron chi connectivity index (χ2n) is 23.9. The second-order valence-corrected chi connectivity index (χ2v) is 23.9. The maximum absolute atomic E-state index is 11.5. The molecule has 0 amide bonds. The van der Waals surface area contributed by atoms with Crippen molar-refractivity contribution in [3.63, 3.8) is 0 Å². The molecule has 6 saturated heterocycles. The van der Waals surface area contributed by atoms with Gasteiger partial charge in [-0.05, 0) is 113 Å². The van der Waals surface area contributed by atoms with Crippen molar-refractivity contribution < 1.29 is 98.4 Å². The standard InChI is InChI=1S/C51H82O20/c1-20-10-15-51(62-19-20)17-29-31(21(51)2)50(7)14-12-28-27(44(50)67-29)9-8-25-16-26(11-13-49(25,28)6)66-47-39(60)36(57)42(30(18-52)68-47)70-46-38(59)35(56)41(24(5)65-46)69-48-40(61)43(33(54)23(4)64-48)71-45-37(58)34(55)32(53)22(3)63-45/h8,20-24,26-48,52-61H,9-19H2,1-7H3/t20?,21?,22-,23-,24-,26?,27?,28?,29?,30+,31?,32+,33-,34+,35-,36+,37+,38+,39+,40+,41-,42+,43+,44?,45-,46-,47+,48-,49?,50?,51?/m0/s1. The van der Waals surface area contributed by atoms with Gasteiger partial charge in [0.15, 0.2) is 25.2 Å². The normalized spacial score (nSPS) is 58.4. The number of hydrogen-bond donors (Lipinski definition) is 10. The molecule has 0 bridgehead atoms. The number of rotatable bonds is 9. The average molecular weight is 1020 g/mol. The third kappa shape index (κ3) is 9.03. The molecular weight excluding hydrogens is 933 g/mol. The summed E-state index contributed by atoms with van der Waals surface area (Å²) in [5.41, 5.74) is 1.36. The molecule has 10 rings (SSSR count). The second kappa shape index (κ2) is 20.1. The molecular formula is C51H82O20. The fourth-order valence-electron chi connectivity index (χ4n) is 15.3. The highest BCUT2D eigenvalue weighted by Crippen LogP contribution is 2.68. The Morgan fingerprint density at radius 2 is 1.20 bits per heavy atom. The van der Waals surface area contributed by atoms with Crippen LogP contribution in [0.5, 0.6) is 0 Å². The monoisotopic (exact) mass is 1010 g/mol. The van der Waals surface area contributed by atoms with Crippen molar-refractivity contribution in [1.29, 1.82) is 0 Å². The molecule has 0 radical (unpaired) electrons. The summed E-state index contributed by atoms with van der Waals surface area (Å²) in [6.45, 7) is 14.2.